The minimum absolute atomic E-state index is 0.534. The summed E-state index contributed by atoms with van der Waals surface area (Å²) in [4.78, 5) is 12.6. The Bertz CT molecular complexity index is 574. The molecule has 0 aliphatic rings. The van der Waals surface area contributed by atoms with Crippen molar-refractivity contribution in [2.24, 2.45) is 0 Å². The topological polar surface area (TPSA) is 59.9 Å². The molecule has 0 saturated carbocycles. The summed E-state index contributed by atoms with van der Waals surface area (Å²) in [5, 5.41) is 3.02. The van der Waals surface area contributed by atoms with Gasteiger partial charge in [-0.05, 0) is 35.8 Å². The summed E-state index contributed by atoms with van der Waals surface area (Å²) < 4.78 is 6.59. The molecule has 0 atom stereocenters. The third-order valence-corrected chi connectivity index (χ3v) is 2.78. The Hall–Kier alpha value is -1.69. The maximum atomic E-state index is 5.73. The third kappa shape index (κ3) is 2.76. The molecular formula is C12H13BrN4O. The molecule has 0 fully saturated rings. The molecule has 0 radical (unpaired) electrons. The van der Waals surface area contributed by atoms with Crippen LogP contribution >= 0.6 is 15.9 Å². The van der Waals surface area contributed by atoms with Gasteiger partial charge in [-0.1, -0.05) is 0 Å². The van der Waals surface area contributed by atoms with Crippen LogP contribution in [-0.2, 0) is 0 Å². The Balaban J connectivity index is 2.37. The molecule has 2 aromatic rings. The molecule has 0 amide bonds. The molecule has 0 bridgehead atoms. The highest BCUT2D eigenvalue weighted by molar-refractivity contribution is 9.10. The maximum Gasteiger partial charge on any atom is 0.227 e. The number of anilines is 1. The number of aryl methyl sites for hydroxylation is 1. The molecule has 5 nitrogen and oxygen atoms in total. The minimum Gasteiger partial charge on any atom is -0.437 e. The van der Waals surface area contributed by atoms with Gasteiger partial charge < -0.3 is 10.1 Å². The van der Waals surface area contributed by atoms with Crippen LogP contribution < -0.4 is 10.1 Å². The molecule has 0 spiro atoms. The van der Waals surface area contributed by atoms with E-state index in [9.17, 15) is 0 Å². The molecule has 1 N–H and O–H groups in total. The Labute approximate surface area is 114 Å². The molecule has 6 heteroatoms. The Morgan fingerprint density at radius 1 is 1.22 bits per heavy atom. The maximum absolute atomic E-state index is 5.73. The smallest absolute Gasteiger partial charge is 0.227 e. The van der Waals surface area contributed by atoms with Gasteiger partial charge in [0.1, 0.15) is 17.4 Å². The fourth-order valence-electron chi connectivity index (χ4n) is 1.51. The first kappa shape index (κ1) is 12.8. The van der Waals surface area contributed by atoms with Crippen LogP contribution in [0.1, 0.15) is 11.4 Å². The number of ether oxygens (including phenoxy) is 1. The van der Waals surface area contributed by atoms with Crippen molar-refractivity contribution in [3.8, 4) is 11.6 Å². The van der Waals surface area contributed by atoms with E-state index in [1.54, 1.807) is 12.4 Å². The number of aromatic nitrogens is 3. The lowest BCUT2D eigenvalue weighted by Crippen LogP contribution is -2.03. The van der Waals surface area contributed by atoms with Gasteiger partial charge in [-0.25, -0.2) is 4.98 Å². The minimum atomic E-state index is 0.534. The molecule has 0 aliphatic heterocycles. The van der Waals surface area contributed by atoms with Gasteiger partial charge in [-0.2, -0.15) is 4.98 Å². The number of hydrogen-bond acceptors (Lipinski definition) is 5. The normalized spacial score (nSPS) is 10.2. The zero-order valence-electron chi connectivity index (χ0n) is 10.4. The number of nitrogens with zero attached hydrogens (tertiary/aromatic N) is 3. The van der Waals surface area contributed by atoms with E-state index >= 15 is 0 Å². The number of hydrogen-bond donors (Lipinski definition) is 1. The average molecular weight is 309 g/mol. The van der Waals surface area contributed by atoms with Crippen molar-refractivity contribution in [3.05, 3.63) is 34.3 Å². The number of nitrogens with one attached hydrogen (secondary N) is 1. The van der Waals surface area contributed by atoms with Crippen molar-refractivity contribution >= 4 is 21.7 Å². The first-order valence-electron chi connectivity index (χ1n) is 5.41. The van der Waals surface area contributed by atoms with Crippen molar-refractivity contribution in [2.75, 3.05) is 12.4 Å². The van der Waals surface area contributed by atoms with Gasteiger partial charge in [0, 0.05) is 17.7 Å². The molecule has 2 aromatic heterocycles. The number of halogens is 1. The summed E-state index contributed by atoms with van der Waals surface area (Å²) in [5.74, 6) is 2.59. The van der Waals surface area contributed by atoms with Crippen LogP contribution in [0.4, 0.5) is 5.82 Å². The average Bonchev–Trinajstić information content (AvgIpc) is 2.33. The van der Waals surface area contributed by atoms with Gasteiger partial charge in [-0.15, -0.1) is 0 Å². The lowest BCUT2D eigenvalue weighted by molar-refractivity contribution is 0.453. The monoisotopic (exact) mass is 308 g/mol. The van der Waals surface area contributed by atoms with E-state index in [2.05, 4.69) is 36.2 Å². The Morgan fingerprint density at radius 2 is 2.00 bits per heavy atom. The van der Waals surface area contributed by atoms with E-state index < -0.39 is 0 Å². The largest absolute Gasteiger partial charge is 0.437 e. The summed E-state index contributed by atoms with van der Waals surface area (Å²) in [5.41, 5.74) is 0.864. The predicted molar refractivity (Wildman–Crippen MR) is 73.1 cm³/mol. The fourth-order valence-corrected chi connectivity index (χ4v) is 1.85. The second-order valence-electron chi connectivity index (χ2n) is 3.74. The van der Waals surface area contributed by atoms with Crippen molar-refractivity contribution in [2.45, 2.75) is 13.8 Å². The molecule has 0 saturated heterocycles. The molecule has 0 aromatic carbocycles. The molecule has 2 heterocycles. The van der Waals surface area contributed by atoms with Gasteiger partial charge in [0.15, 0.2) is 0 Å². The molecular weight excluding hydrogens is 296 g/mol. The quantitative estimate of drug-likeness (QED) is 0.944. The summed E-state index contributed by atoms with van der Waals surface area (Å²) in [6.45, 7) is 3.73. The highest BCUT2D eigenvalue weighted by Gasteiger charge is 2.10. The molecule has 0 aliphatic carbocycles. The first-order valence-corrected chi connectivity index (χ1v) is 6.21. The highest BCUT2D eigenvalue weighted by atomic mass is 79.9. The van der Waals surface area contributed by atoms with Gasteiger partial charge >= 0.3 is 0 Å². The Morgan fingerprint density at radius 3 is 2.67 bits per heavy atom. The second kappa shape index (κ2) is 5.30. The van der Waals surface area contributed by atoms with Crippen molar-refractivity contribution in [3.63, 3.8) is 0 Å². The summed E-state index contributed by atoms with van der Waals surface area (Å²) in [6, 6.07) is 1.84. The van der Waals surface area contributed by atoms with Crippen LogP contribution in [0.5, 0.6) is 11.6 Å². The molecule has 18 heavy (non-hydrogen) atoms. The van der Waals surface area contributed by atoms with Crippen LogP contribution in [0.25, 0.3) is 0 Å². The van der Waals surface area contributed by atoms with Crippen molar-refractivity contribution in [1.29, 1.82) is 0 Å². The van der Waals surface area contributed by atoms with Crippen LogP contribution in [0.3, 0.4) is 0 Å². The standard InChI is InChI=1S/C12H13BrN4O/c1-7-11(14-3)16-8(2)17-12(7)18-10-4-9(13)5-15-6-10/h4-6H,1-3H3,(H,14,16,17). The van der Waals surface area contributed by atoms with Crippen LogP contribution in [0.15, 0.2) is 22.9 Å². The van der Waals surface area contributed by atoms with Gasteiger partial charge in [0.2, 0.25) is 5.88 Å². The lowest BCUT2D eigenvalue weighted by atomic mass is 10.3. The van der Waals surface area contributed by atoms with Crippen LogP contribution in [0, 0.1) is 13.8 Å². The van der Waals surface area contributed by atoms with Crippen LogP contribution in [0.2, 0.25) is 0 Å². The van der Waals surface area contributed by atoms with Gasteiger partial charge in [0.05, 0.1) is 11.8 Å². The van der Waals surface area contributed by atoms with Crippen molar-refractivity contribution < 1.29 is 4.74 Å². The van der Waals surface area contributed by atoms with E-state index in [0.717, 1.165) is 15.9 Å². The van der Waals surface area contributed by atoms with Gasteiger partial charge in [0.25, 0.3) is 0 Å². The fraction of sp³-hybridized carbons (Fsp3) is 0.250. The summed E-state index contributed by atoms with van der Waals surface area (Å²) in [7, 11) is 1.82. The van der Waals surface area contributed by atoms with Crippen molar-refractivity contribution in [1.82, 2.24) is 15.0 Å². The zero-order chi connectivity index (χ0) is 13.1. The molecule has 2 rings (SSSR count). The Kier molecular flexibility index (Phi) is 3.76. The van der Waals surface area contributed by atoms with E-state index in [4.69, 9.17) is 4.74 Å². The first-order chi connectivity index (χ1) is 8.60. The van der Waals surface area contributed by atoms with E-state index in [1.165, 1.54) is 0 Å². The van der Waals surface area contributed by atoms with Gasteiger partial charge in [-0.3, -0.25) is 4.98 Å². The van der Waals surface area contributed by atoms with E-state index in [0.29, 0.717) is 17.5 Å². The van der Waals surface area contributed by atoms with E-state index in [1.807, 2.05) is 27.0 Å². The number of pyridine rings is 1. The molecule has 0 unspecified atom stereocenters. The zero-order valence-corrected chi connectivity index (χ0v) is 11.9. The summed E-state index contributed by atoms with van der Waals surface area (Å²) in [6.07, 6.45) is 3.34. The SMILES string of the molecule is CNc1nc(C)nc(Oc2cncc(Br)c2)c1C. The second-order valence-corrected chi connectivity index (χ2v) is 4.66. The highest BCUT2D eigenvalue weighted by Crippen LogP contribution is 2.27. The van der Waals surface area contributed by atoms with E-state index in [-0.39, 0.29) is 0 Å². The lowest BCUT2D eigenvalue weighted by Gasteiger charge is -2.11. The van der Waals surface area contributed by atoms with Crippen LogP contribution in [-0.4, -0.2) is 22.0 Å². The predicted octanol–water partition coefficient (Wildman–Crippen LogP) is 3.08. The summed E-state index contributed by atoms with van der Waals surface area (Å²) >= 11 is 3.35. The number of rotatable bonds is 3. The molecule has 94 valence electrons. The third-order valence-electron chi connectivity index (χ3n) is 2.34.